The Morgan fingerprint density at radius 2 is 2.00 bits per heavy atom. The molecule has 0 spiro atoms. The van der Waals surface area contributed by atoms with E-state index in [-0.39, 0.29) is 21.3 Å². The quantitative estimate of drug-likeness (QED) is 0.633. The fourth-order valence-corrected chi connectivity index (χ4v) is 4.37. The van der Waals surface area contributed by atoms with Gasteiger partial charge in [0.15, 0.2) is 0 Å². The summed E-state index contributed by atoms with van der Waals surface area (Å²) in [6.45, 7) is 0.397. The van der Waals surface area contributed by atoms with Crippen LogP contribution in [0.4, 0.5) is 10.2 Å². The minimum Gasteiger partial charge on any atom is -0.354 e. The van der Waals surface area contributed by atoms with Crippen LogP contribution in [0, 0.1) is 5.82 Å². The third-order valence-corrected chi connectivity index (χ3v) is 6.07. The number of nitrogens with zero attached hydrogens (tertiary/aromatic N) is 2. The molecule has 146 valence electrons. The third kappa shape index (κ3) is 4.67. The summed E-state index contributed by atoms with van der Waals surface area (Å²) in [7, 11) is -2.39. The maximum Gasteiger partial charge on any atom is 0.265 e. The highest BCUT2D eigenvalue weighted by Crippen LogP contribution is 2.26. The van der Waals surface area contributed by atoms with Crippen LogP contribution in [0.2, 0.25) is 5.02 Å². The summed E-state index contributed by atoms with van der Waals surface area (Å²) < 4.78 is 39.8. The lowest BCUT2D eigenvalue weighted by atomic mass is 10.2. The van der Waals surface area contributed by atoms with E-state index in [2.05, 4.69) is 4.98 Å². The first-order chi connectivity index (χ1) is 13.3. The predicted octanol–water partition coefficient (Wildman–Crippen LogP) is 3.69. The molecule has 1 aromatic carbocycles. The van der Waals surface area contributed by atoms with Crippen LogP contribution in [-0.2, 0) is 16.6 Å². The number of carbonyl (C=O) groups excluding carboxylic acids is 1. The second-order valence-electron chi connectivity index (χ2n) is 5.91. The minimum atomic E-state index is -4.12. The Morgan fingerprint density at radius 1 is 1.29 bits per heavy atom. The van der Waals surface area contributed by atoms with Gasteiger partial charge in [-0.2, -0.15) is 11.3 Å². The Bertz CT molecular complexity index is 1090. The van der Waals surface area contributed by atoms with Gasteiger partial charge < -0.3 is 4.90 Å². The molecule has 10 heteroatoms. The highest BCUT2D eigenvalue weighted by molar-refractivity contribution is 7.90. The van der Waals surface area contributed by atoms with Gasteiger partial charge in [0, 0.05) is 25.2 Å². The lowest BCUT2D eigenvalue weighted by Gasteiger charge is -2.20. The highest BCUT2D eigenvalue weighted by atomic mass is 35.5. The Hall–Kier alpha value is -2.49. The van der Waals surface area contributed by atoms with Crippen LogP contribution in [0.1, 0.15) is 15.9 Å². The van der Waals surface area contributed by atoms with Gasteiger partial charge in [0.05, 0.1) is 10.6 Å². The number of hydrogen-bond acceptors (Lipinski definition) is 6. The van der Waals surface area contributed by atoms with Gasteiger partial charge in [0.25, 0.3) is 15.9 Å². The molecule has 3 rings (SSSR count). The number of thiophene rings is 1. The zero-order valence-corrected chi connectivity index (χ0v) is 17.0. The summed E-state index contributed by atoms with van der Waals surface area (Å²) in [5.41, 5.74) is 1.09. The summed E-state index contributed by atoms with van der Waals surface area (Å²) in [6.07, 6.45) is 1.13. The molecule has 0 saturated heterocycles. The van der Waals surface area contributed by atoms with E-state index in [1.54, 1.807) is 34.8 Å². The van der Waals surface area contributed by atoms with Crippen LogP contribution >= 0.6 is 22.9 Å². The lowest BCUT2D eigenvalue weighted by molar-refractivity contribution is 0.0982. The number of nitrogens with one attached hydrogen (secondary N) is 1. The molecule has 0 radical (unpaired) electrons. The Labute approximate surface area is 170 Å². The van der Waals surface area contributed by atoms with E-state index in [1.165, 1.54) is 35.6 Å². The molecule has 0 fully saturated rings. The SMILES string of the molecule is CN(Cc1ccc(F)cc1)c1ncc(S(=O)(=O)NC(=O)c2ccsc2)cc1Cl. The number of halogens is 2. The molecular formula is C18H15ClFN3O3S2. The van der Waals surface area contributed by atoms with Crippen molar-refractivity contribution in [2.24, 2.45) is 0 Å². The van der Waals surface area contributed by atoms with Crippen molar-refractivity contribution < 1.29 is 17.6 Å². The first kappa shape index (κ1) is 20.2. The number of aromatic nitrogens is 1. The number of benzene rings is 1. The molecule has 0 aliphatic rings. The fraction of sp³-hybridized carbons (Fsp3) is 0.111. The van der Waals surface area contributed by atoms with E-state index in [9.17, 15) is 17.6 Å². The number of sulfonamides is 1. The molecule has 0 atom stereocenters. The van der Waals surface area contributed by atoms with Crippen molar-refractivity contribution in [2.75, 3.05) is 11.9 Å². The number of anilines is 1. The average Bonchev–Trinajstić information content (AvgIpc) is 3.18. The molecule has 0 unspecified atom stereocenters. The van der Waals surface area contributed by atoms with E-state index >= 15 is 0 Å². The third-order valence-electron chi connectivity index (χ3n) is 3.81. The van der Waals surface area contributed by atoms with Gasteiger partial charge in [-0.15, -0.1) is 0 Å². The Morgan fingerprint density at radius 3 is 2.61 bits per heavy atom. The molecule has 3 aromatic rings. The highest BCUT2D eigenvalue weighted by Gasteiger charge is 2.21. The second-order valence-corrected chi connectivity index (χ2v) is 8.78. The lowest BCUT2D eigenvalue weighted by Crippen LogP contribution is -2.30. The number of amides is 1. The maximum absolute atomic E-state index is 13.0. The molecule has 28 heavy (non-hydrogen) atoms. The van der Waals surface area contributed by atoms with Crippen molar-refractivity contribution in [3.05, 3.63) is 75.3 Å². The molecule has 2 heterocycles. The van der Waals surface area contributed by atoms with Crippen molar-refractivity contribution in [1.82, 2.24) is 9.71 Å². The monoisotopic (exact) mass is 439 g/mol. The summed E-state index contributed by atoms with van der Waals surface area (Å²) in [4.78, 5) is 17.6. The molecule has 1 amide bonds. The normalized spacial score (nSPS) is 11.2. The van der Waals surface area contributed by atoms with Gasteiger partial charge in [-0.25, -0.2) is 22.5 Å². The number of pyridine rings is 1. The predicted molar refractivity (Wildman–Crippen MR) is 107 cm³/mol. The Balaban J connectivity index is 1.77. The molecule has 0 aliphatic carbocycles. The summed E-state index contributed by atoms with van der Waals surface area (Å²) >= 11 is 7.50. The van der Waals surface area contributed by atoms with Crippen LogP contribution in [0.25, 0.3) is 0 Å². The zero-order chi connectivity index (χ0) is 20.3. The molecule has 0 bridgehead atoms. The van der Waals surface area contributed by atoms with E-state index in [4.69, 9.17) is 11.6 Å². The topological polar surface area (TPSA) is 79.4 Å². The van der Waals surface area contributed by atoms with E-state index < -0.39 is 15.9 Å². The number of rotatable bonds is 6. The van der Waals surface area contributed by atoms with E-state index in [0.29, 0.717) is 12.4 Å². The van der Waals surface area contributed by atoms with Crippen LogP contribution in [0.15, 0.2) is 58.3 Å². The first-order valence-corrected chi connectivity index (χ1v) is 10.8. The van der Waals surface area contributed by atoms with Gasteiger partial charge in [0.2, 0.25) is 0 Å². The van der Waals surface area contributed by atoms with Gasteiger partial charge in [-0.3, -0.25) is 4.79 Å². The van der Waals surface area contributed by atoms with Gasteiger partial charge >= 0.3 is 0 Å². The Kier molecular flexibility index (Phi) is 5.97. The summed E-state index contributed by atoms with van der Waals surface area (Å²) in [5, 5.41) is 3.32. The van der Waals surface area contributed by atoms with E-state index in [1.807, 2.05) is 4.72 Å². The zero-order valence-electron chi connectivity index (χ0n) is 14.6. The molecule has 6 nitrogen and oxygen atoms in total. The molecular weight excluding hydrogens is 425 g/mol. The smallest absolute Gasteiger partial charge is 0.265 e. The van der Waals surface area contributed by atoms with Crippen molar-refractivity contribution in [2.45, 2.75) is 11.4 Å². The summed E-state index contributed by atoms with van der Waals surface area (Å²) in [6, 6.07) is 8.73. The summed E-state index contributed by atoms with van der Waals surface area (Å²) in [5.74, 6) is -0.703. The van der Waals surface area contributed by atoms with Crippen molar-refractivity contribution in [3.8, 4) is 0 Å². The van der Waals surface area contributed by atoms with Crippen LogP contribution in [-0.4, -0.2) is 26.4 Å². The van der Waals surface area contributed by atoms with Crippen molar-refractivity contribution in [1.29, 1.82) is 0 Å². The molecule has 0 aliphatic heterocycles. The first-order valence-electron chi connectivity index (χ1n) is 7.97. The van der Waals surface area contributed by atoms with Gasteiger partial charge in [-0.05, 0) is 35.2 Å². The number of carbonyl (C=O) groups is 1. The second kappa shape index (κ2) is 8.26. The fourth-order valence-electron chi connectivity index (χ4n) is 2.41. The van der Waals surface area contributed by atoms with Crippen LogP contribution in [0.5, 0.6) is 0 Å². The molecule has 2 aromatic heterocycles. The molecule has 1 N–H and O–H groups in total. The van der Waals surface area contributed by atoms with Crippen LogP contribution < -0.4 is 9.62 Å². The van der Waals surface area contributed by atoms with Crippen molar-refractivity contribution >= 4 is 44.7 Å². The largest absolute Gasteiger partial charge is 0.354 e. The maximum atomic E-state index is 13.0. The standard InChI is InChI=1S/C18H15ClFN3O3S2/c1-23(10-12-2-4-14(20)5-3-12)17-16(19)8-15(9-21-17)28(25,26)22-18(24)13-6-7-27-11-13/h2-9,11H,10H2,1H3,(H,22,24). The van der Waals surface area contributed by atoms with Gasteiger partial charge in [0.1, 0.15) is 16.5 Å². The average molecular weight is 440 g/mol. The number of hydrogen-bond donors (Lipinski definition) is 1. The minimum absolute atomic E-state index is 0.107. The van der Waals surface area contributed by atoms with Gasteiger partial charge in [-0.1, -0.05) is 23.7 Å². The van der Waals surface area contributed by atoms with Crippen molar-refractivity contribution in [3.63, 3.8) is 0 Å². The molecule has 0 saturated carbocycles. The van der Waals surface area contributed by atoms with Crippen LogP contribution in [0.3, 0.4) is 0 Å². The van der Waals surface area contributed by atoms with E-state index in [0.717, 1.165) is 11.8 Å².